The Morgan fingerprint density at radius 3 is 2.64 bits per heavy atom. The molecule has 1 amide bonds. The van der Waals surface area contributed by atoms with Gasteiger partial charge in [-0.05, 0) is 25.1 Å². The van der Waals surface area contributed by atoms with Gasteiger partial charge in [-0.1, -0.05) is 41.4 Å². The summed E-state index contributed by atoms with van der Waals surface area (Å²) < 4.78 is 6.10. The lowest BCUT2D eigenvalue weighted by atomic mass is 10.2. The van der Waals surface area contributed by atoms with E-state index in [0.29, 0.717) is 15.9 Å². The normalized spacial score (nSPS) is 12.0. The number of pyridine rings is 1. The summed E-state index contributed by atoms with van der Waals surface area (Å²) >= 11 is 13.2. The van der Waals surface area contributed by atoms with E-state index in [4.69, 9.17) is 27.9 Å². The van der Waals surface area contributed by atoms with Gasteiger partial charge in [-0.15, -0.1) is 11.3 Å². The van der Waals surface area contributed by atoms with Gasteiger partial charge in [0.25, 0.3) is 5.91 Å². The number of anilines is 1. The van der Waals surface area contributed by atoms with Crippen LogP contribution in [0.2, 0.25) is 10.0 Å². The van der Waals surface area contributed by atoms with Crippen LogP contribution < -0.4 is 5.32 Å². The number of nitrogens with one attached hydrogen (secondary N) is 1. The molecule has 0 radical (unpaired) electrons. The number of esters is 1. The Balaban J connectivity index is 1.69. The third-order valence-corrected chi connectivity index (χ3v) is 5.23. The zero-order chi connectivity index (χ0) is 18.0. The van der Waals surface area contributed by atoms with Gasteiger partial charge in [0.15, 0.2) is 6.10 Å². The first kappa shape index (κ1) is 17.7. The monoisotopic (exact) mass is 394 g/mol. The average Bonchev–Trinajstić information content (AvgIpc) is 2.94. The second-order valence-corrected chi connectivity index (χ2v) is 7.01. The molecule has 1 atom stereocenters. The highest BCUT2D eigenvalue weighted by Crippen LogP contribution is 2.35. The zero-order valence-corrected chi connectivity index (χ0v) is 15.3. The first-order chi connectivity index (χ1) is 12.0. The number of rotatable bonds is 4. The third kappa shape index (κ3) is 3.92. The Labute approximate surface area is 157 Å². The molecule has 2 aromatic heterocycles. The van der Waals surface area contributed by atoms with E-state index in [0.717, 1.165) is 10.1 Å². The van der Waals surface area contributed by atoms with Crippen molar-refractivity contribution in [3.63, 3.8) is 0 Å². The SMILES string of the molecule is C[C@H](OC(=O)c1sc2ccccc2c1Cl)C(=O)Nc1ccc(Cl)cn1. The molecule has 0 fully saturated rings. The molecule has 0 aliphatic carbocycles. The van der Waals surface area contributed by atoms with Crippen molar-refractivity contribution in [3.8, 4) is 0 Å². The van der Waals surface area contributed by atoms with Crippen LogP contribution in [-0.2, 0) is 9.53 Å². The highest BCUT2D eigenvalue weighted by Gasteiger charge is 2.23. The van der Waals surface area contributed by atoms with Crippen LogP contribution in [0.1, 0.15) is 16.6 Å². The minimum Gasteiger partial charge on any atom is -0.448 e. The molecule has 0 saturated heterocycles. The predicted octanol–water partition coefficient (Wildman–Crippen LogP) is 4.79. The Bertz CT molecular complexity index is 941. The second kappa shape index (κ2) is 7.39. The molecule has 0 aliphatic heterocycles. The van der Waals surface area contributed by atoms with Gasteiger partial charge >= 0.3 is 5.97 Å². The number of nitrogens with zero attached hydrogens (tertiary/aromatic N) is 1. The van der Waals surface area contributed by atoms with E-state index >= 15 is 0 Å². The van der Waals surface area contributed by atoms with E-state index in [1.807, 2.05) is 24.3 Å². The lowest BCUT2D eigenvalue weighted by molar-refractivity contribution is -0.123. The number of hydrogen-bond donors (Lipinski definition) is 1. The summed E-state index contributed by atoms with van der Waals surface area (Å²) in [6.07, 6.45) is 0.399. The number of hydrogen-bond acceptors (Lipinski definition) is 5. The maximum absolute atomic E-state index is 12.3. The van der Waals surface area contributed by atoms with Crippen LogP contribution in [0.15, 0.2) is 42.6 Å². The number of amides is 1. The van der Waals surface area contributed by atoms with Crippen LogP contribution >= 0.6 is 34.5 Å². The van der Waals surface area contributed by atoms with E-state index in [2.05, 4.69) is 10.3 Å². The zero-order valence-electron chi connectivity index (χ0n) is 13.0. The number of carbonyl (C=O) groups is 2. The van der Waals surface area contributed by atoms with E-state index in [1.165, 1.54) is 24.5 Å². The minimum atomic E-state index is -1.01. The van der Waals surface area contributed by atoms with Gasteiger partial charge in [-0.25, -0.2) is 9.78 Å². The molecule has 3 rings (SSSR count). The molecule has 1 aromatic carbocycles. The van der Waals surface area contributed by atoms with Crippen LogP contribution in [0.25, 0.3) is 10.1 Å². The summed E-state index contributed by atoms with van der Waals surface area (Å²) in [4.78, 5) is 28.7. The molecule has 0 saturated carbocycles. The van der Waals surface area contributed by atoms with Crippen molar-refractivity contribution < 1.29 is 14.3 Å². The molecule has 0 spiro atoms. The van der Waals surface area contributed by atoms with Crippen molar-refractivity contribution in [1.82, 2.24) is 4.98 Å². The minimum absolute atomic E-state index is 0.270. The van der Waals surface area contributed by atoms with Crippen LogP contribution in [0.3, 0.4) is 0 Å². The average molecular weight is 395 g/mol. The quantitative estimate of drug-likeness (QED) is 0.646. The first-order valence-corrected chi connectivity index (χ1v) is 8.83. The topological polar surface area (TPSA) is 68.3 Å². The van der Waals surface area contributed by atoms with Gasteiger partial charge in [0.05, 0.1) is 10.0 Å². The van der Waals surface area contributed by atoms with Crippen LogP contribution in [0, 0.1) is 0 Å². The Hall–Kier alpha value is -2.15. The van der Waals surface area contributed by atoms with E-state index in [9.17, 15) is 9.59 Å². The largest absolute Gasteiger partial charge is 0.448 e. The first-order valence-electron chi connectivity index (χ1n) is 7.26. The molecular weight excluding hydrogens is 383 g/mol. The summed E-state index contributed by atoms with van der Waals surface area (Å²) in [7, 11) is 0. The molecular formula is C17H12Cl2N2O3S. The lowest BCUT2D eigenvalue weighted by Crippen LogP contribution is -2.30. The van der Waals surface area contributed by atoms with Crippen LogP contribution in [0.4, 0.5) is 5.82 Å². The molecule has 128 valence electrons. The Morgan fingerprint density at radius 2 is 1.96 bits per heavy atom. The summed E-state index contributed by atoms with van der Waals surface area (Å²) in [6, 6.07) is 10.5. The third-order valence-electron chi connectivity index (χ3n) is 3.35. The number of aromatic nitrogens is 1. The fourth-order valence-corrected chi connectivity index (χ4v) is 3.59. The molecule has 2 heterocycles. The maximum Gasteiger partial charge on any atom is 0.350 e. The molecule has 3 aromatic rings. The standard InChI is InChI=1S/C17H12Cl2N2O3S/c1-9(16(22)21-13-7-6-10(18)8-20-13)24-17(23)15-14(19)11-4-2-3-5-12(11)25-15/h2-9H,1H3,(H,20,21,22)/t9-/m0/s1. The van der Waals surface area contributed by atoms with Crippen molar-refractivity contribution in [2.24, 2.45) is 0 Å². The van der Waals surface area contributed by atoms with Crippen LogP contribution in [0.5, 0.6) is 0 Å². The maximum atomic E-state index is 12.3. The number of thiophene rings is 1. The lowest BCUT2D eigenvalue weighted by Gasteiger charge is -2.12. The van der Waals surface area contributed by atoms with Crippen molar-refractivity contribution in [1.29, 1.82) is 0 Å². The Morgan fingerprint density at radius 1 is 1.20 bits per heavy atom. The summed E-state index contributed by atoms with van der Waals surface area (Å²) in [6.45, 7) is 1.48. The van der Waals surface area contributed by atoms with E-state index in [1.54, 1.807) is 12.1 Å². The van der Waals surface area contributed by atoms with Crippen molar-refractivity contribution in [2.45, 2.75) is 13.0 Å². The highest BCUT2D eigenvalue weighted by atomic mass is 35.5. The summed E-state index contributed by atoms with van der Waals surface area (Å²) in [5.74, 6) is -0.824. The van der Waals surface area contributed by atoms with E-state index < -0.39 is 18.0 Å². The number of benzene rings is 1. The van der Waals surface area contributed by atoms with Crippen molar-refractivity contribution in [3.05, 3.63) is 57.5 Å². The molecule has 1 N–H and O–H groups in total. The predicted molar refractivity (Wildman–Crippen MR) is 99.6 cm³/mol. The summed E-state index contributed by atoms with van der Waals surface area (Å²) in [5, 5.41) is 4.12. The molecule has 8 heteroatoms. The smallest absolute Gasteiger partial charge is 0.350 e. The molecule has 0 bridgehead atoms. The van der Waals surface area contributed by atoms with E-state index in [-0.39, 0.29) is 4.88 Å². The van der Waals surface area contributed by atoms with Gasteiger partial charge < -0.3 is 10.1 Å². The molecule has 0 unspecified atom stereocenters. The number of ether oxygens (including phenoxy) is 1. The summed E-state index contributed by atoms with van der Waals surface area (Å²) in [5.41, 5.74) is 0. The molecule has 0 aliphatic rings. The van der Waals surface area contributed by atoms with Gasteiger partial charge in [0, 0.05) is 16.3 Å². The van der Waals surface area contributed by atoms with Gasteiger partial charge in [-0.3, -0.25) is 4.79 Å². The number of carbonyl (C=O) groups excluding carboxylic acids is 2. The van der Waals surface area contributed by atoms with Crippen molar-refractivity contribution >= 4 is 62.3 Å². The number of halogens is 2. The molecule has 5 nitrogen and oxygen atoms in total. The Kier molecular flexibility index (Phi) is 5.22. The van der Waals surface area contributed by atoms with Crippen molar-refractivity contribution in [2.75, 3.05) is 5.32 Å². The van der Waals surface area contributed by atoms with Gasteiger partial charge in [0.1, 0.15) is 10.7 Å². The van der Waals surface area contributed by atoms with Crippen LogP contribution in [-0.4, -0.2) is 23.0 Å². The fraction of sp³-hybridized carbons (Fsp3) is 0.118. The van der Waals surface area contributed by atoms with Gasteiger partial charge in [-0.2, -0.15) is 0 Å². The fourth-order valence-electron chi connectivity index (χ4n) is 2.09. The molecule has 25 heavy (non-hydrogen) atoms. The second-order valence-electron chi connectivity index (χ2n) is 5.14. The number of fused-ring (bicyclic) bond motifs is 1. The van der Waals surface area contributed by atoms with Gasteiger partial charge in [0.2, 0.25) is 0 Å². The highest BCUT2D eigenvalue weighted by molar-refractivity contribution is 7.21.